The van der Waals surface area contributed by atoms with E-state index in [4.69, 9.17) is 5.73 Å². The Balaban J connectivity index is 2.13. The van der Waals surface area contributed by atoms with E-state index in [1.54, 1.807) is 12.1 Å². The second-order valence-electron chi connectivity index (χ2n) is 5.20. The zero-order valence-corrected chi connectivity index (χ0v) is 11.8. The van der Waals surface area contributed by atoms with E-state index >= 15 is 0 Å². The maximum Gasteiger partial charge on any atom is 0.402 e. The van der Waals surface area contributed by atoms with Crippen LogP contribution >= 0.6 is 0 Å². The Labute approximate surface area is 123 Å². The van der Waals surface area contributed by atoms with Crippen LogP contribution in [0.2, 0.25) is 0 Å². The Morgan fingerprint density at radius 2 is 1.82 bits per heavy atom. The highest BCUT2D eigenvalue weighted by Crippen LogP contribution is 2.38. The molecule has 0 atom stereocenters. The third-order valence-corrected chi connectivity index (χ3v) is 3.20. The molecule has 0 aliphatic rings. The topological polar surface area (TPSA) is 96.7 Å². The number of hydrogen-bond acceptors (Lipinski definition) is 4. The Morgan fingerprint density at radius 3 is 2.27 bits per heavy atom. The Kier molecular flexibility index (Phi) is 3.82. The number of H-pyrrole nitrogens is 1. The molecule has 0 saturated carbocycles. The molecule has 0 aliphatic heterocycles. The molecule has 0 bridgehead atoms. The average Bonchev–Trinajstić information content (AvgIpc) is 2.85. The quantitative estimate of drug-likeness (QED) is 0.811. The monoisotopic (exact) mass is 313 g/mol. The predicted molar refractivity (Wildman–Crippen MR) is 74.7 cm³/mol. The van der Waals surface area contributed by atoms with Crippen molar-refractivity contribution in [3.05, 3.63) is 24.3 Å². The summed E-state index contributed by atoms with van der Waals surface area (Å²) in [7, 11) is 0. The number of aromatic nitrogens is 3. The summed E-state index contributed by atoms with van der Waals surface area (Å²) in [6.45, 7) is 1.65. The van der Waals surface area contributed by atoms with Crippen molar-refractivity contribution in [2.45, 2.75) is 20.0 Å². The first-order valence-corrected chi connectivity index (χ1v) is 6.28. The van der Waals surface area contributed by atoms with E-state index < -0.39 is 17.5 Å². The summed E-state index contributed by atoms with van der Waals surface area (Å²) < 4.78 is 38.3. The number of nitrogens with two attached hydrogens (primary N) is 1. The lowest BCUT2D eigenvalue weighted by molar-refractivity contribution is -0.208. The number of amides is 1. The molecule has 0 aliphatic carbocycles. The molecule has 1 amide bonds. The molecule has 0 fully saturated rings. The first-order chi connectivity index (χ1) is 10.1. The van der Waals surface area contributed by atoms with Crippen molar-refractivity contribution >= 4 is 17.5 Å². The lowest BCUT2D eigenvalue weighted by Gasteiger charge is -2.26. The van der Waals surface area contributed by atoms with E-state index in [1.165, 1.54) is 12.1 Å². The molecule has 2 rings (SSSR count). The third-order valence-electron chi connectivity index (χ3n) is 3.20. The van der Waals surface area contributed by atoms with Gasteiger partial charge in [-0.1, -0.05) is 0 Å². The number of benzene rings is 1. The standard InChI is InChI=1S/C13H14F3N5O/c1-12(2,13(14,15)16)10(22)18-8-5-3-7(4-6-8)9-19-11(17)21-20-9/h3-6H,1-2H3,(H,18,22)(H3,17,19,20,21). The average molecular weight is 313 g/mol. The van der Waals surface area contributed by atoms with Gasteiger partial charge in [0.25, 0.3) is 0 Å². The van der Waals surface area contributed by atoms with E-state index in [9.17, 15) is 18.0 Å². The van der Waals surface area contributed by atoms with Gasteiger partial charge in [0.05, 0.1) is 0 Å². The van der Waals surface area contributed by atoms with Crippen LogP contribution in [0.5, 0.6) is 0 Å². The summed E-state index contributed by atoms with van der Waals surface area (Å²) in [5.74, 6) is -0.623. The van der Waals surface area contributed by atoms with E-state index in [-0.39, 0.29) is 11.6 Å². The fourth-order valence-electron chi connectivity index (χ4n) is 1.53. The minimum absolute atomic E-state index is 0.0827. The zero-order valence-electron chi connectivity index (χ0n) is 11.8. The minimum Gasteiger partial charge on any atom is -0.366 e. The van der Waals surface area contributed by atoms with Crippen molar-refractivity contribution in [1.29, 1.82) is 0 Å². The molecule has 0 spiro atoms. The first-order valence-electron chi connectivity index (χ1n) is 6.28. The molecule has 118 valence electrons. The predicted octanol–water partition coefficient (Wildman–Crippen LogP) is 2.58. The van der Waals surface area contributed by atoms with Crippen molar-refractivity contribution in [1.82, 2.24) is 15.2 Å². The molecule has 6 nitrogen and oxygen atoms in total. The van der Waals surface area contributed by atoms with Crippen LogP contribution in [0.1, 0.15) is 13.8 Å². The zero-order chi connectivity index (χ0) is 16.5. The van der Waals surface area contributed by atoms with E-state index in [2.05, 4.69) is 20.5 Å². The summed E-state index contributed by atoms with van der Waals surface area (Å²) in [4.78, 5) is 15.7. The summed E-state index contributed by atoms with van der Waals surface area (Å²) in [5, 5.41) is 8.52. The van der Waals surface area contributed by atoms with Crippen LogP contribution in [0.15, 0.2) is 24.3 Å². The largest absolute Gasteiger partial charge is 0.402 e. The van der Waals surface area contributed by atoms with Crippen molar-refractivity contribution in [3.63, 3.8) is 0 Å². The lowest BCUT2D eigenvalue weighted by atomic mass is 9.91. The van der Waals surface area contributed by atoms with E-state index in [1.807, 2.05) is 0 Å². The Hall–Kier alpha value is -2.58. The highest BCUT2D eigenvalue weighted by atomic mass is 19.4. The number of rotatable bonds is 3. The van der Waals surface area contributed by atoms with Crippen LogP contribution in [0.4, 0.5) is 24.8 Å². The summed E-state index contributed by atoms with van der Waals surface area (Å²) >= 11 is 0. The minimum atomic E-state index is -4.63. The van der Waals surface area contributed by atoms with Crippen LogP contribution in [0.3, 0.4) is 0 Å². The van der Waals surface area contributed by atoms with Crippen molar-refractivity contribution in [2.24, 2.45) is 5.41 Å². The molecule has 4 N–H and O–H groups in total. The molecule has 9 heteroatoms. The van der Waals surface area contributed by atoms with Gasteiger partial charge in [0.1, 0.15) is 5.41 Å². The molecule has 0 saturated heterocycles. The highest BCUT2D eigenvalue weighted by molar-refractivity contribution is 5.95. The van der Waals surface area contributed by atoms with Crippen LogP contribution < -0.4 is 11.1 Å². The molecule has 22 heavy (non-hydrogen) atoms. The number of nitrogen functional groups attached to an aromatic ring is 1. The van der Waals surface area contributed by atoms with Gasteiger partial charge in [0.2, 0.25) is 11.9 Å². The molecule has 1 aromatic heterocycles. The SMILES string of the molecule is CC(C)(C(=O)Nc1ccc(-c2nc(N)n[nH]2)cc1)C(F)(F)F. The van der Waals surface area contributed by atoms with Crippen molar-refractivity contribution in [2.75, 3.05) is 11.1 Å². The summed E-state index contributed by atoms with van der Waals surface area (Å²) in [5.41, 5.74) is 3.79. The van der Waals surface area contributed by atoms with Crippen molar-refractivity contribution < 1.29 is 18.0 Å². The fraction of sp³-hybridized carbons (Fsp3) is 0.308. The van der Waals surface area contributed by atoms with Crippen LogP contribution in [-0.2, 0) is 4.79 Å². The van der Waals surface area contributed by atoms with Gasteiger partial charge < -0.3 is 11.1 Å². The maximum atomic E-state index is 12.8. The molecule has 0 unspecified atom stereocenters. The van der Waals surface area contributed by atoms with Gasteiger partial charge in [-0.15, -0.1) is 5.10 Å². The normalized spacial score (nSPS) is 12.2. The number of nitrogens with one attached hydrogen (secondary N) is 2. The van der Waals surface area contributed by atoms with Gasteiger partial charge in [0, 0.05) is 11.3 Å². The number of alkyl halides is 3. The smallest absolute Gasteiger partial charge is 0.366 e. The third kappa shape index (κ3) is 3.02. The second kappa shape index (κ2) is 5.32. The summed E-state index contributed by atoms with van der Waals surface area (Å²) in [6, 6.07) is 6.10. The molecule has 1 heterocycles. The lowest BCUT2D eigenvalue weighted by Crippen LogP contribution is -2.43. The van der Waals surface area contributed by atoms with Crippen LogP contribution in [-0.4, -0.2) is 27.3 Å². The second-order valence-corrected chi connectivity index (χ2v) is 5.20. The molecular weight excluding hydrogens is 299 g/mol. The van der Waals surface area contributed by atoms with Gasteiger partial charge in [-0.25, -0.2) is 0 Å². The number of hydrogen-bond donors (Lipinski definition) is 3. The van der Waals surface area contributed by atoms with E-state index in [0.29, 0.717) is 11.4 Å². The number of anilines is 2. The van der Waals surface area contributed by atoms with Gasteiger partial charge in [-0.05, 0) is 38.1 Å². The van der Waals surface area contributed by atoms with E-state index in [0.717, 1.165) is 13.8 Å². The number of nitrogens with zero attached hydrogens (tertiary/aromatic N) is 2. The first kappa shape index (κ1) is 15.8. The fourth-order valence-corrected chi connectivity index (χ4v) is 1.53. The number of aromatic amines is 1. The molecule has 0 radical (unpaired) electrons. The number of carbonyl (C=O) groups excluding carboxylic acids is 1. The molecule has 1 aromatic carbocycles. The Morgan fingerprint density at radius 1 is 1.23 bits per heavy atom. The van der Waals surface area contributed by atoms with Crippen LogP contribution in [0, 0.1) is 5.41 Å². The highest BCUT2D eigenvalue weighted by Gasteiger charge is 2.52. The molecular formula is C13H14F3N5O. The summed E-state index contributed by atoms with van der Waals surface area (Å²) in [6.07, 6.45) is -4.63. The van der Waals surface area contributed by atoms with Crippen molar-refractivity contribution in [3.8, 4) is 11.4 Å². The Bertz CT molecular complexity index is 676. The van der Waals surface area contributed by atoms with Gasteiger partial charge in [-0.2, -0.15) is 18.2 Å². The number of halogens is 3. The van der Waals surface area contributed by atoms with Gasteiger partial charge in [-0.3, -0.25) is 9.89 Å². The molecule has 2 aromatic rings. The maximum absolute atomic E-state index is 12.8. The van der Waals surface area contributed by atoms with Gasteiger partial charge in [0.15, 0.2) is 5.82 Å². The van der Waals surface area contributed by atoms with Gasteiger partial charge >= 0.3 is 6.18 Å². The number of carbonyl (C=O) groups is 1. The van der Waals surface area contributed by atoms with Crippen LogP contribution in [0.25, 0.3) is 11.4 Å².